The van der Waals surface area contributed by atoms with Crippen LogP contribution in [0.4, 0.5) is 0 Å². The van der Waals surface area contributed by atoms with Crippen LogP contribution < -0.4 is 10.6 Å². The van der Waals surface area contributed by atoms with Crippen molar-refractivity contribution >= 4 is 17.8 Å². The number of benzene rings is 2. The van der Waals surface area contributed by atoms with Gasteiger partial charge in [0.15, 0.2) is 0 Å². The number of amides is 2. The molecule has 2 amide bonds. The molecule has 0 aliphatic carbocycles. The third-order valence-electron chi connectivity index (χ3n) is 4.73. The Kier molecular flexibility index (Phi) is 8.59. The molecule has 0 saturated heterocycles. The lowest BCUT2D eigenvalue weighted by atomic mass is 10.0. The zero-order valence-electron chi connectivity index (χ0n) is 18.0. The fourth-order valence-electron chi connectivity index (χ4n) is 3.11. The van der Waals surface area contributed by atoms with Crippen molar-refractivity contribution in [3.05, 3.63) is 71.3 Å². The summed E-state index contributed by atoms with van der Waals surface area (Å²) >= 11 is 0. The van der Waals surface area contributed by atoms with Crippen molar-refractivity contribution in [2.75, 3.05) is 7.11 Å². The maximum atomic E-state index is 13.0. The van der Waals surface area contributed by atoms with Gasteiger partial charge in [-0.15, -0.1) is 0 Å². The molecule has 6 heteroatoms. The third-order valence-corrected chi connectivity index (χ3v) is 4.73. The standard InChI is InChI=1S/C24H30N2O4/c1-16(2)14-21(24(29)30-4)26-23(28)20(15-18-8-6-5-7-9-18)25-22(27)19-12-10-17(3)11-13-19/h5-13,16,20-21H,14-15H2,1-4H3,(H,25,27)(H,26,28)/t20-,21+/m0/s1. The van der Waals surface area contributed by atoms with Crippen molar-refractivity contribution in [3.63, 3.8) is 0 Å². The monoisotopic (exact) mass is 410 g/mol. The molecule has 2 N–H and O–H groups in total. The Balaban J connectivity index is 2.20. The number of nitrogens with one attached hydrogen (secondary N) is 2. The Morgan fingerprint density at radius 2 is 1.53 bits per heavy atom. The van der Waals surface area contributed by atoms with E-state index in [1.165, 1.54) is 7.11 Å². The summed E-state index contributed by atoms with van der Waals surface area (Å²) in [4.78, 5) is 37.9. The molecule has 2 atom stereocenters. The Hall–Kier alpha value is -3.15. The number of rotatable bonds is 9. The number of aryl methyl sites for hydroxylation is 1. The Morgan fingerprint density at radius 3 is 2.10 bits per heavy atom. The van der Waals surface area contributed by atoms with Crippen LogP contribution in [0, 0.1) is 12.8 Å². The first-order chi connectivity index (χ1) is 14.3. The van der Waals surface area contributed by atoms with Gasteiger partial charge in [-0.25, -0.2) is 4.79 Å². The summed E-state index contributed by atoms with van der Waals surface area (Å²) in [6, 6.07) is 15.0. The lowest BCUT2D eigenvalue weighted by molar-refractivity contribution is -0.145. The summed E-state index contributed by atoms with van der Waals surface area (Å²) in [6.07, 6.45) is 0.752. The molecule has 160 valence electrons. The first kappa shape index (κ1) is 23.1. The summed E-state index contributed by atoms with van der Waals surface area (Å²) in [6.45, 7) is 5.86. The number of hydrogen-bond acceptors (Lipinski definition) is 4. The Bertz CT molecular complexity index is 847. The predicted octanol–water partition coefficient (Wildman–Crippen LogP) is 3.04. The highest BCUT2D eigenvalue weighted by Gasteiger charge is 2.28. The molecule has 6 nitrogen and oxygen atoms in total. The van der Waals surface area contributed by atoms with Crippen LogP contribution in [0.15, 0.2) is 54.6 Å². The van der Waals surface area contributed by atoms with Gasteiger partial charge in [-0.05, 0) is 37.0 Å². The van der Waals surface area contributed by atoms with Crippen molar-refractivity contribution < 1.29 is 19.1 Å². The van der Waals surface area contributed by atoms with E-state index in [1.54, 1.807) is 12.1 Å². The fraction of sp³-hybridized carbons (Fsp3) is 0.375. The summed E-state index contributed by atoms with van der Waals surface area (Å²) in [5.74, 6) is -1.08. The lowest BCUT2D eigenvalue weighted by Gasteiger charge is -2.23. The molecule has 2 aromatic carbocycles. The van der Waals surface area contributed by atoms with Gasteiger partial charge in [0.25, 0.3) is 5.91 Å². The quantitative estimate of drug-likeness (QED) is 0.623. The minimum absolute atomic E-state index is 0.184. The van der Waals surface area contributed by atoms with Crippen molar-refractivity contribution in [1.29, 1.82) is 0 Å². The van der Waals surface area contributed by atoms with Crippen molar-refractivity contribution in [1.82, 2.24) is 10.6 Å². The highest BCUT2D eigenvalue weighted by Crippen LogP contribution is 2.10. The second kappa shape index (κ2) is 11.1. The molecular formula is C24H30N2O4. The average Bonchev–Trinajstić information content (AvgIpc) is 2.73. The number of carbonyl (C=O) groups excluding carboxylic acids is 3. The van der Waals surface area contributed by atoms with Crippen LogP contribution in [0.2, 0.25) is 0 Å². The Morgan fingerprint density at radius 1 is 0.900 bits per heavy atom. The largest absolute Gasteiger partial charge is 0.467 e. The Labute approximate surface area is 178 Å². The van der Waals surface area contributed by atoms with E-state index >= 15 is 0 Å². The number of methoxy groups -OCH3 is 1. The molecule has 0 saturated carbocycles. The van der Waals surface area contributed by atoms with Gasteiger partial charge >= 0.3 is 5.97 Å². The molecule has 0 bridgehead atoms. The smallest absolute Gasteiger partial charge is 0.328 e. The van der Waals surface area contributed by atoms with Crippen molar-refractivity contribution in [2.45, 2.75) is 45.7 Å². The van der Waals surface area contributed by atoms with E-state index in [2.05, 4.69) is 10.6 Å². The second-order valence-electron chi connectivity index (χ2n) is 7.80. The van der Waals surface area contributed by atoms with Gasteiger partial charge in [0.1, 0.15) is 12.1 Å². The number of esters is 1. The van der Waals surface area contributed by atoms with Crippen LogP contribution in [-0.2, 0) is 20.7 Å². The predicted molar refractivity (Wildman–Crippen MR) is 116 cm³/mol. The zero-order chi connectivity index (χ0) is 22.1. The van der Waals surface area contributed by atoms with E-state index in [9.17, 15) is 14.4 Å². The second-order valence-corrected chi connectivity index (χ2v) is 7.80. The summed E-state index contributed by atoms with van der Waals surface area (Å²) < 4.78 is 4.83. The van der Waals surface area contributed by atoms with Crippen LogP contribution in [0.5, 0.6) is 0 Å². The summed E-state index contributed by atoms with van der Waals surface area (Å²) in [5.41, 5.74) is 2.42. The maximum Gasteiger partial charge on any atom is 0.328 e. The minimum Gasteiger partial charge on any atom is -0.467 e. The van der Waals surface area contributed by atoms with Gasteiger partial charge < -0.3 is 15.4 Å². The number of carbonyl (C=O) groups is 3. The molecule has 30 heavy (non-hydrogen) atoms. The maximum absolute atomic E-state index is 13.0. The van der Waals surface area contributed by atoms with Crippen LogP contribution in [0.1, 0.15) is 41.8 Å². The third kappa shape index (κ3) is 7.03. The molecule has 0 spiro atoms. The van der Waals surface area contributed by atoms with Crippen molar-refractivity contribution in [2.24, 2.45) is 5.92 Å². The fourth-order valence-corrected chi connectivity index (χ4v) is 3.11. The van der Waals surface area contributed by atoms with Gasteiger partial charge in [-0.2, -0.15) is 0 Å². The SMILES string of the molecule is COC(=O)[C@@H](CC(C)C)NC(=O)[C@H](Cc1ccccc1)NC(=O)c1ccc(C)cc1. The molecule has 0 aromatic heterocycles. The molecule has 0 unspecified atom stereocenters. The lowest BCUT2D eigenvalue weighted by Crippen LogP contribution is -2.53. The van der Waals surface area contributed by atoms with Gasteiger partial charge in [-0.1, -0.05) is 61.9 Å². The van der Waals surface area contributed by atoms with Gasteiger partial charge in [0.2, 0.25) is 5.91 Å². The zero-order valence-corrected chi connectivity index (χ0v) is 18.0. The van der Waals surface area contributed by atoms with Crippen LogP contribution in [0.3, 0.4) is 0 Å². The van der Waals surface area contributed by atoms with E-state index in [1.807, 2.05) is 63.2 Å². The first-order valence-electron chi connectivity index (χ1n) is 10.1. The van der Waals surface area contributed by atoms with Crippen LogP contribution >= 0.6 is 0 Å². The van der Waals surface area contributed by atoms with Gasteiger partial charge in [0.05, 0.1) is 7.11 Å². The molecule has 0 fully saturated rings. The first-order valence-corrected chi connectivity index (χ1v) is 10.1. The van der Waals surface area contributed by atoms with E-state index in [0.29, 0.717) is 18.4 Å². The molecule has 2 rings (SSSR count). The highest BCUT2D eigenvalue weighted by molar-refractivity contribution is 5.98. The van der Waals surface area contributed by atoms with Gasteiger partial charge in [-0.3, -0.25) is 9.59 Å². The highest BCUT2D eigenvalue weighted by atomic mass is 16.5. The summed E-state index contributed by atoms with van der Waals surface area (Å²) in [5, 5.41) is 5.57. The molecule has 0 aliphatic rings. The average molecular weight is 411 g/mol. The molecule has 0 aliphatic heterocycles. The van der Waals surface area contributed by atoms with E-state index < -0.39 is 24.0 Å². The molecule has 0 radical (unpaired) electrons. The van der Waals surface area contributed by atoms with Crippen molar-refractivity contribution in [3.8, 4) is 0 Å². The van der Waals surface area contributed by atoms with E-state index in [-0.39, 0.29) is 11.8 Å². The molecule has 0 heterocycles. The van der Waals surface area contributed by atoms with Gasteiger partial charge in [0, 0.05) is 12.0 Å². The summed E-state index contributed by atoms with van der Waals surface area (Å²) in [7, 11) is 1.29. The number of hydrogen-bond donors (Lipinski definition) is 2. The topological polar surface area (TPSA) is 84.5 Å². The molecular weight excluding hydrogens is 380 g/mol. The van der Waals surface area contributed by atoms with E-state index in [4.69, 9.17) is 4.74 Å². The number of ether oxygens (including phenoxy) is 1. The van der Waals surface area contributed by atoms with E-state index in [0.717, 1.165) is 11.1 Å². The molecule has 2 aromatic rings. The normalized spacial score (nSPS) is 12.7. The van der Waals surface area contributed by atoms with Crippen LogP contribution in [0.25, 0.3) is 0 Å². The minimum atomic E-state index is -0.833. The van der Waals surface area contributed by atoms with Crippen LogP contribution in [-0.4, -0.2) is 37.0 Å².